The molecule has 0 aliphatic carbocycles. The number of ether oxygens (including phenoxy) is 2. The van der Waals surface area contributed by atoms with Crippen LogP contribution in [0.4, 0.5) is 0 Å². The predicted octanol–water partition coefficient (Wildman–Crippen LogP) is 1.44. The zero-order chi connectivity index (χ0) is 17.9. The largest absolute Gasteiger partial charge is 0.465 e. The number of esters is 1. The summed E-state index contributed by atoms with van der Waals surface area (Å²) >= 11 is 0. The third-order valence-corrected chi connectivity index (χ3v) is 4.74. The van der Waals surface area contributed by atoms with E-state index >= 15 is 0 Å². The minimum atomic E-state index is -0.504. The third-order valence-electron chi connectivity index (χ3n) is 4.74. The van der Waals surface area contributed by atoms with Crippen molar-refractivity contribution in [2.45, 2.75) is 32.7 Å². The van der Waals surface area contributed by atoms with E-state index in [1.165, 1.54) is 0 Å². The molecule has 1 aromatic carbocycles. The molecule has 1 saturated heterocycles. The lowest BCUT2D eigenvalue weighted by molar-refractivity contribution is -0.160. The van der Waals surface area contributed by atoms with Crippen LogP contribution in [0.15, 0.2) is 33.9 Å². The van der Waals surface area contributed by atoms with Crippen molar-refractivity contribution in [1.82, 2.24) is 9.55 Å². The number of fused-ring (bicyclic) bond motifs is 1. The van der Waals surface area contributed by atoms with Gasteiger partial charge in [0.25, 0.3) is 5.56 Å². The number of carbonyl (C=O) groups is 1. The van der Waals surface area contributed by atoms with Crippen molar-refractivity contribution in [3.05, 3.63) is 45.1 Å². The molecular weight excluding hydrogens is 324 g/mol. The van der Waals surface area contributed by atoms with Crippen LogP contribution in [0.5, 0.6) is 0 Å². The molecule has 1 N–H and O–H groups in total. The number of aromatic amines is 1. The van der Waals surface area contributed by atoms with Gasteiger partial charge in [-0.3, -0.25) is 14.2 Å². The van der Waals surface area contributed by atoms with Crippen LogP contribution in [0, 0.1) is 5.41 Å². The first-order chi connectivity index (χ1) is 12.0. The Labute approximate surface area is 144 Å². The van der Waals surface area contributed by atoms with E-state index in [4.69, 9.17) is 9.47 Å². The first-order valence-electron chi connectivity index (χ1n) is 8.48. The average Bonchev–Trinajstić information content (AvgIpc) is 2.61. The molecule has 1 aromatic heterocycles. The molecule has 0 unspecified atom stereocenters. The first-order valence-corrected chi connectivity index (χ1v) is 8.48. The van der Waals surface area contributed by atoms with Crippen LogP contribution < -0.4 is 11.2 Å². The van der Waals surface area contributed by atoms with E-state index < -0.39 is 11.1 Å². The number of nitrogens with one attached hydrogen (secondary N) is 1. The minimum Gasteiger partial charge on any atom is -0.465 e. The summed E-state index contributed by atoms with van der Waals surface area (Å²) in [6.45, 7) is 3.39. The smallest absolute Gasteiger partial charge is 0.328 e. The zero-order valence-corrected chi connectivity index (χ0v) is 14.2. The lowest BCUT2D eigenvalue weighted by Gasteiger charge is -2.30. The molecule has 7 nitrogen and oxygen atoms in total. The highest BCUT2D eigenvalue weighted by atomic mass is 16.5. The second kappa shape index (κ2) is 7.23. The molecule has 1 aliphatic heterocycles. The second-order valence-corrected chi connectivity index (χ2v) is 6.60. The fourth-order valence-electron chi connectivity index (χ4n) is 2.99. The number of hydrogen-bond donors (Lipinski definition) is 1. The SMILES string of the molecule is CC1(C(=O)OCCCn2c(=O)[nH]c3ccccc3c2=O)CCOCC1. The maximum atomic E-state index is 12.4. The molecule has 0 radical (unpaired) electrons. The molecule has 0 atom stereocenters. The lowest BCUT2D eigenvalue weighted by atomic mass is 9.82. The number of benzene rings is 1. The third kappa shape index (κ3) is 3.66. The van der Waals surface area contributed by atoms with E-state index in [2.05, 4.69) is 4.98 Å². The van der Waals surface area contributed by atoms with Crippen molar-refractivity contribution in [3.63, 3.8) is 0 Å². The highest BCUT2D eigenvalue weighted by molar-refractivity contribution is 5.77. The maximum Gasteiger partial charge on any atom is 0.328 e. The molecule has 2 heterocycles. The van der Waals surface area contributed by atoms with E-state index in [1.54, 1.807) is 24.3 Å². The summed E-state index contributed by atoms with van der Waals surface area (Å²) < 4.78 is 11.8. The predicted molar refractivity (Wildman–Crippen MR) is 92.6 cm³/mol. The van der Waals surface area contributed by atoms with Crippen LogP contribution >= 0.6 is 0 Å². The Hall–Kier alpha value is -2.41. The van der Waals surface area contributed by atoms with Crippen molar-refractivity contribution in [2.24, 2.45) is 5.41 Å². The minimum absolute atomic E-state index is 0.175. The molecule has 0 bridgehead atoms. The van der Waals surface area contributed by atoms with E-state index in [1.807, 2.05) is 6.92 Å². The topological polar surface area (TPSA) is 90.4 Å². The number of hydrogen-bond acceptors (Lipinski definition) is 5. The van der Waals surface area contributed by atoms with Crippen LogP contribution in [0.2, 0.25) is 0 Å². The number of carbonyl (C=O) groups excluding carboxylic acids is 1. The van der Waals surface area contributed by atoms with Gasteiger partial charge in [-0.05, 0) is 38.3 Å². The Bertz CT molecular complexity index is 877. The fraction of sp³-hybridized carbons (Fsp3) is 0.500. The van der Waals surface area contributed by atoms with Gasteiger partial charge in [0.2, 0.25) is 0 Å². The van der Waals surface area contributed by atoms with Gasteiger partial charge in [-0.2, -0.15) is 0 Å². The van der Waals surface area contributed by atoms with Crippen LogP contribution in [0.1, 0.15) is 26.2 Å². The van der Waals surface area contributed by atoms with Gasteiger partial charge in [0.15, 0.2) is 0 Å². The molecule has 1 fully saturated rings. The van der Waals surface area contributed by atoms with E-state index in [-0.39, 0.29) is 24.7 Å². The summed E-state index contributed by atoms with van der Waals surface area (Å²) in [6.07, 6.45) is 1.70. The van der Waals surface area contributed by atoms with Gasteiger partial charge in [-0.1, -0.05) is 12.1 Å². The van der Waals surface area contributed by atoms with Gasteiger partial charge in [-0.25, -0.2) is 4.79 Å². The fourth-order valence-corrected chi connectivity index (χ4v) is 2.99. The van der Waals surface area contributed by atoms with Crippen molar-refractivity contribution in [2.75, 3.05) is 19.8 Å². The maximum absolute atomic E-state index is 12.4. The van der Waals surface area contributed by atoms with Gasteiger partial charge in [0, 0.05) is 19.8 Å². The van der Waals surface area contributed by atoms with Gasteiger partial charge >= 0.3 is 11.7 Å². The Morgan fingerprint density at radius 3 is 2.76 bits per heavy atom. The summed E-state index contributed by atoms with van der Waals surface area (Å²) in [6, 6.07) is 6.89. The summed E-state index contributed by atoms with van der Waals surface area (Å²) in [7, 11) is 0. The Balaban J connectivity index is 1.61. The molecule has 134 valence electrons. The molecule has 7 heteroatoms. The summed E-state index contributed by atoms with van der Waals surface area (Å²) in [5.74, 6) is -0.240. The summed E-state index contributed by atoms with van der Waals surface area (Å²) in [5, 5.41) is 0.466. The molecule has 1 aliphatic rings. The molecule has 2 aromatic rings. The van der Waals surface area contributed by atoms with Crippen molar-refractivity contribution >= 4 is 16.9 Å². The van der Waals surface area contributed by atoms with Crippen LogP contribution in [-0.2, 0) is 20.8 Å². The van der Waals surface area contributed by atoms with E-state index in [9.17, 15) is 14.4 Å². The summed E-state index contributed by atoms with van der Waals surface area (Å²) in [4.78, 5) is 39.4. The molecule has 0 amide bonds. The van der Waals surface area contributed by atoms with Crippen molar-refractivity contribution in [3.8, 4) is 0 Å². The quantitative estimate of drug-likeness (QED) is 0.653. The van der Waals surface area contributed by atoms with E-state index in [0.717, 1.165) is 4.57 Å². The normalized spacial score (nSPS) is 16.7. The van der Waals surface area contributed by atoms with Crippen LogP contribution in [-0.4, -0.2) is 35.3 Å². The van der Waals surface area contributed by atoms with Gasteiger partial charge in [-0.15, -0.1) is 0 Å². The van der Waals surface area contributed by atoms with Gasteiger partial charge in [0.1, 0.15) is 0 Å². The number of rotatable bonds is 5. The van der Waals surface area contributed by atoms with Crippen LogP contribution in [0.3, 0.4) is 0 Å². The number of aromatic nitrogens is 2. The Morgan fingerprint density at radius 2 is 2.00 bits per heavy atom. The number of H-pyrrole nitrogens is 1. The number of nitrogens with zero attached hydrogens (tertiary/aromatic N) is 1. The molecular formula is C18H22N2O5. The molecule has 0 spiro atoms. The first kappa shape index (κ1) is 17.4. The standard InChI is InChI=1S/C18H22N2O5/c1-18(7-11-24-12-8-18)16(22)25-10-4-9-20-15(21)13-5-2-3-6-14(13)19-17(20)23/h2-3,5-6H,4,7-12H2,1H3,(H,19,23). The highest BCUT2D eigenvalue weighted by Gasteiger charge is 2.36. The average molecular weight is 346 g/mol. The Kier molecular flexibility index (Phi) is 5.03. The molecule has 0 saturated carbocycles. The molecule has 3 rings (SSSR count). The number of para-hydroxylation sites is 1. The van der Waals surface area contributed by atoms with Crippen molar-refractivity contribution in [1.29, 1.82) is 0 Å². The van der Waals surface area contributed by atoms with E-state index in [0.29, 0.717) is 43.4 Å². The monoisotopic (exact) mass is 346 g/mol. The van der Waals surface area contributed by atoms with Crippen molar-refractivity contribution < 1.29 is 14.3 Å². The van der Waals surface area contributed by atoms with Crippen LogP contribution in [0.25, 0.3) is 10.9 Å². The highest BCUT2D eigenvalue weighted by Crippen LogP contribution is 2.31. The van der Waals surface area contributed by atoms with Gasteiger partial charge < -0.3 is 14.5 Å². The second-order valence-electron chi connectivity index (χ2n) is 6.60. The van der Waals surface area contributed by atoms with Gasteiger partial charge in [0.05, 0.1) is 22.9 Å². The Morgan fingerprint density at radius 1 is 1.28 bits per heavy atom. The summed E-state index contributed by atoms with van der Waals surface area (Å²) in [5.41, 5.74) is -0.767. The lowest BCUT2D eigenvalue weighted by Crippen LogP contribution is -2.37. The molecule has 25 heavy (non-hydrogen) atoms. The zero-order valence-electron chi connectivity index (χ0n) is 14.2.